The number of aliphatic carboxylic acids is 1. The molecule has 1 N–H and O–H groups in total. The highest BCUT2D eigenvalue weighted by molar-refractivity contribution is 5.90. The zero-order valence-corrected chi connectivity index (χ0v) is 18.7. The zero-order valence-electron chi connectivity index (χ0n) is 18.7. The molecule has 0 spiro atoms. The van der Waals surface area contributed by atoms with Crippen molar-refractivity contribution in [1.29, 1.82) is 0 Å². The Balaban J connectivity index is 3.40. The molecule has 0 aliphatic carbocycles. The summed E-state index contributed by atoms with van der Waals surface area (Å²) in [5.74, 6) is -1.79. The predicted molar refractivity (Wildman–Crippen MR) is 121 cm³/mol. The lowest BCUT2D eigenvalue weighted by Gasteiger charge is -2.12. The Kier molecular flexibility index (Phi) is 20.0. The summed E-state index contributed by atoms with van der Waals surface area (Å²) in [6.07, 6.45) is 25.0. The number of carbonyl (C=O) groups excluding carboxylic acids is 1. The third-order valence-electron chi connectivity index (χ3n) is 5.23. The molecule has 0 aromatic heterocycles. The summed E-state index contributed by atoms with van der Waals surface area (Å²) in [5.41, 5.74) is 0. The van der Waals surface area contributed by atoms with Crippen LogP contribution in [-0.4, -0.2) is 23.1 Å². The molecule has 4 heteroatoms. The van der Waals surface area contributed by atoms with Crippen molar-refractivity contribution >= 4 is 11.9 Å². The number of unbranched alkanes of at least 4 members (excludes halogenated alkanes) is 15. The van der Waals surface area contributed by atoms with E-state index in [0.717, 1.165) is 31.4 Å². The third kappa shape index (κ3) is 21.0. The fourth-order valence-corrected chi connectivity index (χ4v) is 3.45. The smallest absolute Gasteiger partial charge is 0.331 e. The third-order valence-corrected chi connectivity index (χ3v) is 5.23. The highest BCUT2D eigenvalue weighted by atomic mass is 16.5. The minimum absolute atomic E-state index is 0.340. The fraction of sp³-hybridized carbons (Fsp3) is 0.760. The highest BCUT2D eigenvalue weighted by Crippen LogP contribution is 2.15. The summed E-state index contributed by atoms with van der Waals surface area (Å²) in [4.78, 5) is 21.9. The normalized spacial score (nSPS) is 12.2. The topological polar surface area (TPSA) is 63.6 Å². The van der Waals surface area contributed by atoms with Crippen molar-refractivity contribution in [3.63, 3.8) is 0 Å². The maximum absolute atomic E-state index is 11.5. The van der Waals surface area contributed by atoms with E-state index in [1.807, 2.05) is 0 Å². The van der Waals surface area contributed by atoms with Gasteiger partial charge in [0.15, 0.2) is 0 Å². The van der Waals surface area contributed by atoms with Crippen LogP contribution in [0, 0.1) is 0 Å². The van der Waals surface area contributed by atoms with E-state index in [4.69, 9.17) is 9.84 Å². The average Bonchev–Trinajstić information content (AvgIpc) is 2.71. The van der Waals surface area contributed by atoms with Crippen LogP contribution in [0.2, 0.25) is 0 Å². The second-order valence-corrected chi connectivity index (χ2v) is 7.97. The van der Waals surface area contributed by atoms with Gasteiger partial charge in [-0.25, -0.2) is 9.59 Å². The standard InChI is InChI=1S/C25H44O4/c1-3-5-6-7-8-9-10-11-12-13-14-15-16-17-18-19-20-23(4-2)29-25(28)22-21-24(26)27/h4,21-23H,2-3,5-20H2,1H3,(H,26,27). The average molecular weight is 409 g/mol. The highest BCUT2D eigenvalue weighted by Gasteiger charge is 2.08. The number of carboxylic acids is 1. The first-order valence-electron chi connectivity index (χ1n) is 11.8. The molecule has 0 radical (unpaired) electrons. The van der Waals surface area contributed by atoms with E-state index in [9.17, 15) is 9.59 Å². The number of carbonyl (C=O) groups is 2. The Morgan fingerprint density at radius 2 is 1.17 bits per heavy atom. The number of hydrogen-bond acceptors (Lipinski definition) is 3. The Labute approximate surface area is 178 Å². The van der Waals surface area contributed by atoms with Gasteiger partial charge in [-0.3, -0.25) is 0 Å². The van der Waals surface area contributed by atoms with Gasteiger partial charge in [0, 0.05) is 12.2 Å². The molecule has 1 unspecified atom stereocenters. The summed E-state index contributed by atoms with van der Waals surface area (Å²) < 4.78 is 5.17. The molecule has 0 aliphatic rings. The number of hydrogen-bond donors (Lipinski definition) is 1. The van der Waals surface area contributed by atoms with Crippen LogP contribution in [0.1, 0.15) is 116 Å². The van der Waals surface area contributed by atoms with E-state index in [1.54, 1.807) is 6.08 Å². The van der Waals surface area contributed by atoms with Gasteiger partial charge < -0.3 is 9.84 Å². The van der Waals surface area contributed by atoms with Crippen LogP contribution < -0.4 is 0 Å². The molecule has 168 valence electrons. The van der Waals surface area contributed by atoms with Crippen LogP contribution in [0.4, 0.5) is 0 Å². The van der Waals surface area contributed by atoms with Crippen LogP contribution in [0.15, 0.2) is 24.8 Å². The lowest BCUT2D eigenvalue weighted by molar-refractivity contribution is -0.141. The molecule has 0 amide bonds. The molecule has 0 heterocycles. The van der Waals surface area contributed by atoms with Gasteiger partial charge in [0.25, 0.3) is 0 Å². The zero-order chi connectivity index (χ0) is 21.6. The number of ether oxygens (including phenoxy) is 1. The van der Waals surface area contributed by atoms with Crippen LogP contribution in [0.5, 0.6) is 0 Å². The Hall–Kier alpha value is -1.58. The summed E-state index contributed by atoms with van der Waals surface area (Å²) in [7, 11) is 0. The van der Waals surface area contributed by atoms with Crippen molar-refractivity contribution in [3.05, 3.63) is 24.8 Å². The van der Waals surface area contributed by atoms with Crippen molar-refractivity contribution < 1.29 is 19.4 Å². The van der Waals surface area contributed by atoms with Crippen LogP contribution in [0.25, 0.3) is 0 Å². The van der Waals surface area contributed by atoms with Gasteiger partial charge in [-0.2, -0.15) is 0 Å². The molecule has 4 nitrogen and oxygen atoms in total. The van der Waals surface area contributed by atoms with Gasteiger partial charge in [-0.05, 0) is 12.8 Å². The van der Waals surface area contributed by atoms with E-state index >= 15 is 0 Å². The van der Waals surface area contributed by atoms with Crippen LogP contribution >= 0.6 is 0 Å². The molecule has 0 aromatic carbocycles. The second-order valence-electron chi connectivity index (χ2n) is 7.97. The van der Waals surface area contributed by atoms with Gasteiger partial charge in [-0.15, -0.1) is 0 Å². The van der Waals surface area contributed by atoms with E-state index in [1.165, 1.54) is 89.9 Å². The molecular formula is C25H44O4. The van der Waals surface area contributed by atoms with Crippen LogP contribution in [-0.2, 0) is 14.3 Å². The molecule has 0 fully saturated rings. The molecule has 29 heavy (non-hydrogen) atoms. The van der Waals surface area contributed by atoms with Crippen LogP contribution in [0.3, 0.4) is 0 Å². The summed E-state index contributed by atoms with van der Waals surface area (Å²) in [6.45, 7) is 5.95. The molecule has 0 saturated heterocycles. The summed E-state index contributed by atoms with van der Waals surface area (Å²) in [5, 5.41) is 8.50. The summed E-state index contributed by atoms with van der Waals surface area (Å²) in [6, 6.07) is 0. The second kappa shape index (κ2) is 21.1. The first kappa shape index (κ1) is 27.4. The number of carboxylic acid groups (broad SMARTS) is 1. The van der Waals surface area contributed by atoms with Gasteiger partial charge in [0.1, 0.15) is 6.10 Å². The molecule has 1 atom stereocenters. The maximum atomic E-state index is 11.5. The van der Waals surface area contributed by atoms with Gasteiger partial charge in [0.05, 0.1) is 0 Å². The molecule has 0 bridgehead atoms. The first-order chi connectivity index (χ1) is 14.1. The molecule has 0 aliphatic heterocycles. The number of rotatable bonds is 21. The Morgan fingerprint density at radius 1 is 0.759 bits per heavy atom. The molecule has 0 aromatic rings. The Morgan fingerprint density at radius 3 is 1.55 bits per heavy atom. The van der Waals surface area contributed by atoms with Crippen molar-refractivity contribution in [2.24, 2.45) is 0 Å². The molecule has 0 rings (SSSR count). The minimum atomic E-state index is -1.16. The minimum Gasteiger partial charge on any atom is -0.478 e. The van der Waals surface area contributed by atoms with E-state index in [-0.39, 0.29) is 6.10 Å². The quantitative estimate of drug-likeness (QED) is 0.0931. The summed E-state index contributed by atoms with van der Waals surface area (Å²) >= 11 is 0. The lowest BCUT2D eigenvalue weighted by Crippen LogP contribution is -2.14. The maximum Gasteiger partial charge on any atom is 0.331 e. The van der Waals surface area contributed by atoms with Crippen molar-refractivity contribution in [2.75, 3.05) is 0 Å². The van der Waals surface area contributed by atoms with Crippen molar-refractivity contribution in [2.45, 2.75) is 122 Å². The van der Waals surface area contributed by atoms with Gasteiger partial charge in [0.2, 0.25) is 0 Å². The monoisotopic (exact) mass is 408 g/mol. The molecule has 0 saturated carbocycles. The Bertz CT molecular complexity index is 442. The van der Waals surface area contributed by atoms with Crippen molar-refractivity contribution in [3.8, 4) is 0 Å². The SMILES string of the molecule is C=CC(CCCCCCCCCCCCCCCCCC)OC(=O)C=CC(=O)O. The molecular weight excluding hydrogens is 364 g/mol. The largest absolute Gasteiger partial charge is 0.478 e. The van der Waals surface area contributed by atoms with E-state index < -0.39 is 11.9 Å². The van der Waals surface area contributed by atoms with Gasteiger partial charge in [-0.1, -0.05) is 116 Å². The van der Waals surface area contributed by atoms with Crippen molar-refractivity contribution in [1.82, 2.24) is 0 Å². The predicted octanol–water partition coefficient (Wildman–Crippen LogP) is 7.38. The first-order valence-corrected chi connectivity index (χ1v) is 11.8. The lowest BCUT2D eigenvalue weighted by atomic mass is 10.0. The van der Waals surface area contributed by atoms with Gasteiger partial charge >= 0.3 is 11.9 Å². The fourth-order valence-electron chi connectivity index (χ4n) is 3.45. The van der Waals surface area contributed by atoms with E-state index in [0.29, 0.717) is 0 Å². The van der Waals surface area contributed by atoms with E-state index in [2.05, 4.69) is 13.5 Å². The number of esters is 1.